The molecule has 1 aromatic rings. The number of pyridine rings is 1. The number of thioether (sulfide) groups is 1. The van der Waals surface area contributed by atoms with Crippen molar-refractivity contribution in [1.29, 1.82) is 0 Å². The van der Waals surface area contributed by atoms with Gasteiger partial charge in [0.1, 0.15) is 17.4 Å². The first-order valence-electron chi connectivity index (χ1n) is 11.8. The molecule has 3 aliphatic heterocycles. The topological polar surface area (TPSA) is 70.1 Å². The quantitative estimate of drug-likeness (QED) is 0.593. The van der Waals surface area contributed by atoms with Crippen molar-refractivity contribution in [2.24, 2.45) is 10.9 Å². The fraction of sp³-hybridized carbons (Fsp3) is 0.560. The van der Waals surface area contributed by atoms with Crippen LogP contribution < -0.4 is 5.32 Å². The summed E-state index contributed by atoms with van der Waals surface area (Å²) in [6, 6.07) is 3.33. The van der Waals surface area contributed by atoms with Crippen LogP contribution in [0.15, 0.2) is 40.1 Å². The number of hydrogen-bond acceptors (Lipinski definition) is 7. The van der Waals surface area contributed by atoms with E-state index in [-0.39, 0.29) is 16.7 Å². The number of ether oxygens (including phenoxy) is 1. The number of nitrogens with one attached hydrogen (secondary N) is 1. The molecule has 1 aromatic heterocycles. The molecule has 1 N–H and O–H groups in total. The Morgan fingerprint density at radius 3 is 2.68 bits per heavy atom. The van der Waals surface area contributed by atoms with Crippen LogP contribution in [0.25, 0.3) is 0 Å². The first-order chi connectivity index (χ1) is 16.1. The third kappa shape index (κ3) is 5.74. The molecule has 9 heteroatoms. The summed E-state index contributed by atoms with van der Waals surface area (Å²) in [7, 11) is 1.67. The molecule has 4 rings (SSSR count). The second kappa shape index (κ2) is 9.98. The molecule has 0 bridgehead atoms. The highest BCUT2D eigenvalue weighted by Gasteiger charge is 2.33. The Morgan fingerprint density at radius 2 is 2.03 bits per heavy atom. The summed E-state index contributed by atoms with van der Waals surface area (Å²) in [6.45, 7) is 10.9. The van der Waals surface area contributed by atoms with Gasteiger partial charge in [0, 0.05) is 43.6 Å². The Bertz CT molecular complexity index is 1020. The Hall–Kier alpha value is -2.55. The van der Waals surface area contributed by atoms with Crippen molar-refractivity contribution in [2.45, 2.75) is 51.3 Å². The number of carbonyl (C=O) groups excluding carboxylic acids is 1. The molecule has 0 spiro atoms. The molecule has 0 saturated carbocycles. The number of fused-ring (bicyclic) bond motifs is 1. The Labute approximate surface area is 205 Å². The monoisotopic (exact) mass is 487 g/mol. The number of aliphatic imine (C=N–C) groups is 1. The average Bonchev–Trinajstić information content (AvgIpc) is 3.18. The number of aromatic nitrogens is 1. The molecular formula is C25H34FN5O2S. The molecule has 1 unspecified atom stereocenters. The second-order valence-corrected chi connectivity index (χ2v) is 11.8. The van der Waals surface area contributed by atoms with Crippen molar-refractivity contribution in [2.75, 3.05) is 38.6 Å². The molecule has 3 aliphatic rings. The van der Waals surface area contributed by atoms with Crippen LogP contribution >= 0.6 is 11.8 Å². The number of nitrogens with zero attached hydrogens (tertiary/aromatic N) is 4. The van der Waals surface area contributed by atoms with Crippen molar-refractivity contribution in [1.82, 2.24) is 14.8 Å². The van der Waals surface area contributed by atoms with E-state index >= 15 is 0 Å². The lowest BCUT2D eigenvalue weighted by atomic mass is 9.97. The molecular weight excluding hydrogens is 453 g/mol. The number of hydrogen-bond donors (Lipinski definition) is 1. The predicted molar refractivity (Wildman–Crippen MR) is 135 cm³/mol. The number of amides is 1. The first-order valence-corrected chi connectivity index (χ1v) is 12.6. The standard InChI is InChI=1S/C25H34FN5O2S/c1-16(32)30-8-6-17(7-9-30)13-27-23-11-18(10-22(26)29-23)19-14-28-24-12-20(33-5)21(15-31(19)24)34-25(2,3)4/h10-12,15,17,19H,6-9,13-14H2,1-5H3,(H,27,29). The van der Waals surface area contributed by atoms with Crippen LogP contribution in [0.2, 0.25) is 0 Å². The van der Waals surface area contributed by atoms with E-state index in [9.17, 15) is 9.18 Å². The van der Waals surface area contributed by atoms with Crippen LogP contribution in [-0.4, -0.2) is 64.6 Å². The highest BCUT2D eigenvalue weighted by Crippen LogP contribution is 2.41. The fourth-order valence-electron chi connectivity index (χ4n) is 4.50. The number of halogens is 1. The summed E-state index contributed by atoms with van der Waals surface area (Å²) in [5.74, 6) is 2.22. The average molecular weight is 488 g/mol. The van der Waals surface area contributed by atoms with Crippen molar-refractivity contribution in [3.63, 3.8) is 0 Å². The highest BCUT2D eigenvalue weighted by atomic mass is 32.2. The van der Waals surface area contributed by atoms with Crippen LogP contribution in [0.5, 0.6) is 0 Å². The highest BCUT2D eigenvalue weighted by molar-refractivity contribution is 8.04. The van der Waals surface area contributed by atoms with Crippen molar-refractivity contribution < 1.29 is 13.9 Å². The number of carbonyl (C=O) groups is 1. The summed E-state index contributed by atoms with van der Waals surface area (Å²) in [6.07, 6.45) is 5.91. The minimum atomic E-state index is -0.502. The Morgan fingerprint density at radius 1 is 1.29 bits per heavy atom. The van der Waals surface area contributed by atoms with E-state index < -0.39 is 5.95 Å². The predicted octanol–water partition coefficient (Wildman–Crippen LogP) is 4.56. The lowest BCUT2D eigenvalue weighted by Crippen LogP contribution is -2.38. The molecule has 0 aliphatic carbocycles. The van der Waals surface area contributed by atoms with Crippen LogP contribution in [0.4, 0.5) is 10.2 Å². The summed E-state index contributed by atoms with van der Waals surface area (Å²) >= 11 is 1.74. The Balaban J connectivity index is 1.47. The van der Waals surface area contributed by atoms with Gasteiger partial charge in [-0.15, -0.1) is 11.8 Å². The Kier molecular flexibility index (Phi) is 7.21. The fourth-order valence-corrected chi connectivity index (χ4v) is 5.57. The van der Waals surface area contributed by atoms with Gasteiger partial charge < -0.3 is 19.9 Å². The third-order valence-electron chi connectivity index (χ3n) is 6.25. The third-order valence-corrected chi connectivity index (χ3v) is 7.39. The molecule has 34 heavy (non-hydrogen) atoms. The van der Waals surface area contributed by atoms with Crippen LogP contribution in [0, 0.1) is 11.9 Å². The van der Waals surface area contributed by atoms with Crippen molar-refractivity contribution in [3.8, 4) is 0 Å². The summed E-state index contributed by atoms with van der Waals surface area (Å²) in [5.41, 5.74) is 0.839. The molecule has 1 amide bonds. The number of amidine groups is 1. The van der Waals surface area contributed by atoms with Crippen molar-refractivity contribution in [3.05, 3.63) is 46.6 Å². The van der Waals surface area contributed by atoms with Gasteiger partial charge in [-0.2, -0.15) is 4.39 Å². The number of anilines is 1. The SMILES string of the molecule is COC1=CC2=NCC(c3cc(F)nc(NCC4CCN(C(C)=O)CC4)c3)N2C=C1SC(C)(C)C. The summed E-state index contributed by atoms with van der Waals surface area (Å²) in [5, 5.41) is 3.33. The van der Waals surface area contributed by atoms with Gasteiger partial charge in [-0.1, -0.05) is 20.8 Å². The van der Waals surface area contributed by atoms with E-state index in [4.69, 9.17) is 4.74 Å². The number of likely N-dealkylation sites (tertiary alicyclic amines) is 1. The zero-order valence-electron chi connectivity index (χ0n) is 20.6. The van der Waals surface area contributed by atoms with Crippen LogP contribution in [-0.2, 0) is 9.53 Å². The van der Waals surface area contributed by atoms with Gasteiger partial charge >= 0.3 is 0 Å². The van der Waals surface area contributed by atoms with Gasteiger partial charge in [-0.05, 0) is 36.5 Å². The van der Waals surface area contributed by atoms with Gasteiger partial charge in [0.05, 0.1) is 24.6 Å². The zero-order chi connectivity index (χ0) is 24.5. The van der Waals surface area contributed by atoms with E-state index in [1.165, 1.54) is 6.07 Å². The van der Waals surface area contributed by atoms with E-state index in [1.807, 2.05) is 17.0 Å². The molecule has 7 nitrogen and oxygen atoms in total. The summed E-state index contributed by atoms with van der Waals surface area (Å²) in [4.78, 5) is 25.3. The lowest BCUT2D eigenvalue weighted by molar-refractivity contribution is -0.130. The lowest BCUT2D eigenvalue weighted by Gasteiger charge is -2.31. The molecule has 0 aromatic carbocycles. The molecule has 1 atom stereocenters. The van der Waals surface area contributed by atoms with Crippen molar-refractivity contribution >= 4 is 29.3 Å². The maximum Gasteiger partial charge on any atom is 0.219 e. The van der Waals surface area contributed by atoms with Gasteiger partial charge in [0.15, 0.2) is 0 Å². The molecule has 4 heterocycles. The van der Waals surface area contributed by atoms with Gasteiger partial charge in [-0.25, -0.2) is 4.98 Å². The molecule has 1 saturated heterocycles. The van der Waals surface area contributed by atoms with E-state index in [1.54, 1.807) is 25.8 Å². The maximum atomic E-state index is 14.5. The number of piperidine rings is 1. The van der Waals surface area contributed by atoms with Gasteiger partial charge in [0.2, 0.25) is 11.9 Å². The van der Waals surface area contributed by atoms with Crippen LogP contribution in [0.3, 0.4) is 0 Å². The smallest absolute Gasteiger partial charge is 0.219 e. The van der Waals surface area contributed by atoms with Crippen LogP contribution in [0.1, 0.15) is 52.1 Å². The number of rotatable bonds is 6. The minimum Gasteiger partial charge on any atom is -0.495 e. The largest absolute Gasteiger partial charge is 0.495 e. The number of methoxy groups -OCH3 is 1. The first kappa shape index (κ1) is 24.6. The molecule has 184 valence electrons. The van der Waals surface area contributed by atoms with Gasteiger partial charge in [0.25, 0.3) is 0 Å². The van der Waals surface area contributed by atoms with E-state index in [0.717, 1.165) is 48.0 Å². The zero-order valence-corrected chi connectivity index (χ0v) is 21.4. The second-order valence-electron chi connectivity index (χ2n) is 9.98. The molecule has 1 fully saturated rings. The minimum absolute atomic E-state index is 0.0216. The van der Waals surface area contributed by atoms with Gasteiger partial charge in [-0.3, -0.25) is 9.79 Å². The summed E-state index contributed by atoms with van der Waals surface area (Å²) < 4.78 is 20.2. The normalized spacial score (nSPS) is 21.0. The molecule has 0 radical (unpaired) electrons. The van der Waals surface area contributed by atoms with E-state index in [0.29, 0.717) is 24.8 Å². The maximum absolute atomic E-state index is 14.5. The van der Waals surface area contributed by atoms with E-state index in [2.05, 4.69) is 47.2 Å².